The molecule has 1 aromatic rings. The van der Waals surface area contributed by atoms with Crippen molar-refractivity contribution in [3.05, 3.63) is 48.6 Å². The zero-order valence-corrected chi connectivity index (χ0v) is 12.7. The van der Waals surface area contributed by atoms with Gasteiger partial charge in [-0.3, -0.25) is 0 Å². The van der Waals surface area contributed by atoms with Gasteiger partial charge in [0, 0.05) is 5.92 Å². The van der Waals surface area contributed by atoms with Crippen LogP contribution in [0.4, 0.5) is 0 Å². The van der Waals surface area contributed by atoms with Gasteiger partial charge in [0.15, 0.2) is 12.1 Å². The lowest BCUT2D eigenvalue weighted by atomic mass is 9.99. The zero-order valence-electron chi connectivity index (χ0n) is 12.7. The summed E-state index contributed by atoms with van der Waals surface area (Å²) >= 11 is 0. The molecule has 0 saturated carbocycles. The molecule has 5 heteroatoms. The molecule has 22 heavy (non-hydrogen) atoms. The Morgan fingerprint density at radius 3 is 2.73 bits per heavy atom. The molecule has 2 heterocycles. The van der Waals surface area contributed by atoms with Crippen LogP contribution in [0.15, 0.2) is 43.0 Å². The first-order valence-corrected chi connectivity index (χ1v) is 7.36. The van der Waals surface area contributed by atoms with Gasteiger partial charge in [-0.15, -0.1) is 6.58 Å². The molecule has 2 fully saturated rings. The van der Waals surface area contributed by atoms with Crippen LogP contribution >= 0.6 is 0 Å². The number of hydrogen-bond donors (Lipinski definition) is 0. The highest BCUT2D eigenvalue weighted by Crippen LogP contribution is 2.41. The fourth-order valence-corrected chi connectivity index (χ4v) is 2.85. The molecule has 2 aliphatic rings. The second-order valence-corrected chi connectivity index (χ2v) is 5.92. The highest BCUT2D eigenvalue weighted by molar-refractivity contribution is 5.89. The quantitative estimate of drug-likeness (QED) is 0.632. The van der Waals surface area contributed by atoms with Crippen LogP contribution in [0.25, 0.3) is 0 Å². The smallest absolute Gasteiger partial charge is 0.338 e. The van der Waals surface area contributed by atoms with Crippen molar-refractivity contribution in [2.24, 2.45) is 5.92 Å². The van der Waals surface area contributed by atoms with Crippen molar-refractivity contribution in [1.82, 2.24) is 0 Å². The van der Waals surface area contributed by atoms with Gasteiger partial charge in [0.25, 0.3) is 0 Å². The average Bonchev–Trinajstić information content (AvgIpc) is 2.96. The molecule has 1 aromatic carbocycles. The van der Waals surface area contributed by atoms with E-state index in [2.05, 4.69) is 6.58 Å². The lowest BCUT2D eigenvalue weighted by Gasteiger charge is -2.23. The van der Waals surface area contributed by atoms with Gasteiger partial charge in [-0.1, -0.05) is 24.3 Å². The topological polar surface area (TPSA) is 54.0 Å². The molecule has 5 nitrogen and oxygen atoms in total. The molecule has 0 unspecified atom stereocenters. The Labute approximate surface area is 129 Å². The SMILES string of the molecule is C=C[C@@H]1[C@H]2OC(C)(C)O[C@H]2O[C@@H]1COC(=O)c1ccccc1. The van der Waals surface area contributed by atoms with E-state index in [1.807, 2.05) is 19.9 Å². The molecule has 2 saturated heterocycles. The molecule has 0 aromatic heterocycles. The normalized spacial score (nSPS) is 32.5. The Hall–Kier alpha value is -1.69. The first-order chi connectivity index (χ1) is 10.5. The Morgan fingerprint density at radius 1 is 1.32 bits per heavy atom. The number of carbonyl (C=O) groups excluding carboxylic acids is 1. The van der Waals surface area contributed by atoms with Gasteiger partial charge in [-0.25, -0.2) is 4.79 Å². The summed E-state index contributed by atoms with van der Waals surface area (Å²) in [6, 6.07) is 8.87. The Bertz CT molecular complexity index is 553. The maximum absolute atomic E-state index is 12.0. The second-order valence-electron chi connectivity index (χ2n) is 5.92. The van der Waals surface area contributed by atoms with Crippen molar-refractivity contribution in [1.29, 1.82) is 0 Å². The average molecular weight is 304 g/mol. The van der Waals surface area contributed by atoms with Crippen LogP contribution in [0.3, 0.4) is 0 Å². The van der Waals surface area contributed by atoms with E-state index in [9.17, 15) is 4.79 Å². The van der Waals surface area contributed by atoms with Crippen LogP contribution in [0.2, 0.25) is 0 Å². The summed E-state index contributed by atoms with van der Waals surface area (Å²) in [6.45, 7) is 7.67. The lowest BCUT2D eigenvalue weighted by Crippen LogP contribution is -2.32. The van der Waals surface area contributed by atoms with Crippen molar-refractivity contribution in [2.45, 2.75) is 38.1 Å². The van der Waals surface area contributed by atoms with Crippen molar-refractivity contribution >= 4 is 5.97 Å². The van der Waals surface area contributed by atoms with Crippen LogP contribution in [0.1, 0.15) is 24.2 Å². The van der Waals surface area contributed by atoms with E-state index in [0.717, 1.165) is 0 Å². The molecule has 0 aliphatic carbocycles. The first kappa shape index (κ1) is 15.2. The molecular formula is C17H20O5. The van der Waals surface area contributed by atoms with Gasteiger partial charge in [-0.2, -0.15) is 0 Å². The van der Waals surface area contributed by atoms with Gasteiger partial charge < -0.3 is 18.9 Å². The molecule has 0 N–H and O–H groups in total. The molecule has 2 aliphatic heterocycles. The summed E-state index contributed by atoms with van der Waals surface area (Å²) in [4.78, 5) is 12.0. The summed E-state index contributed by atoms with van der Waals surface area (Å²) < 4.78 is 22.7. The van der Waals surface area contributed by atoms with E-state index in [0.29, 0.717) is 5.56 Å². The Balaban J connectivity index is 1.60. The van der Waals surface area contributed by atoms with E-state index in [-0.39, 0.29) is 30.7 Å². The van der Waals surface area contributed by atoms with Gasteiger partial charge in [0.05, 0.1) is 5.56 Å². The highest BCUT2D eigenvalue weighted by Gasteiger charge is 2.53. The maximum Gasteiger partial charge on any atom is 0.338 e. The number of carbonyl (C=O) groups is 1. The monoisotopic (exact) mass is 304 g/mol. The standard InChI is InChI=1S/C17H20O5/c1-4-12-13(20-16-14(12)21-17(2,3)22-16)10-19-15(18)11-8-6-5-7-9-11/h4-9,12-14,16H,1,10H2,2-3H3/t12-,13+,14+,16+/m0/s1. The fraction of sp³-hybridized carbons (Fsp3) is 0.471. The highest BCUT2D eigenvalue weighted by atomic mass is 16.8. The number of esters is 1. The molecule has 0 radical (unpaired) electrons. The maximum atomic E-state index is 12.0. The summed E-state index contributed by atoms with van der Waals surface area (Å²) in [5, 5.41) is 0. The van der Waals surface area contributed by atoms with Crippen LogP contribution in [0, 0.1) is 5.92 Å². The Morgan fingerprint density at radius 2 is 2.05 bits per heavy atom. The third kappa shape index (κ3) is 2.92. The van der Waals surface area contributed by atoms with Crippen molar-refractivity contribution in [2.75, 3.05) is 6.61 Å². The number of benzene rings is 1. The van der Waals surface area contributed by atoms with Crippen LogP contribution in [-0.2, 0) is 18.9 Å². The van der Waals surface area contributed by atoms with Crippen molar-refractivity contribution in [3.63, 3.8) is 0 Å². The molecule has 4 atom stereocenters. The first-order valence-electron chi connectivity index (χ1n) is 7.36. The summed E-state index contributed by atoms with van der Waals surface area (Å²) in [6.07, 6.45) is 0.804. The van der Waals surface area contributed by atoms with Gasteiger partial charge >= 0.3 is 5.97 Å². The fourth-order valence-electron chi connectivity index (χ4n) is 2.85. The molecule has 0 amide bonds. The van der Waals surface area contributed by atoms with E-state index >= 15 is 0 Å². The molecular weight excluding hydrogens is 284 g/mol. The molecule has 0 bridgehead atoms. The van der Waals surface area contributed by atoms with Gasteiger partial charge in [-0.05, 0) is 26.0 Å². The number of hydrogen-bond acceptors (Lipinski definition) is 5. The zero-order chi connectivity index (χ0) is 15.7. The number of fused-ring (bicyclic) bond motifs is 1. The van der Waals surface area contributed by atoms with Crippen LogP contribution in [-0.4, -0.2) is 36.9 Å². The number of rotatable bonds is 4. The van der Waals surface area contributed by atoms with E-state index in [4.69, 9.17) is 18.9 Å². The van der Waals surface area contributed by atoms with Crippen molar-refractivity contribution < 1.29 is 23.7 Å². The predicted octanol–water partition coefficient (Wildman–Crippen LogP) is 2.52. The minimum atomic E-state index is -0.664. The largest absolute Gasteiger partial charge is 0.459 e. The van der Waals surface area contributed by atoms with Gasteiger partial charge in [0.2, 0.25) is 0 Å². The minimum Gasteiger partial charge on any atom is -0.459 e. The van der Waals surface area contributed by atoms with Crippen LogP contribution < -0.4 is 0 Å². The molecule has 0 spiro atoms. The second kappa shape index (κ2) is 5.83. The van der Waals surface area contributed by atoms with E-state index in [1.54, 1.807) is 30.3 Å². The van der Waals surface area contributed by atoms with Crippen molar-refractivity contribution in [3.8, 4) is 0 Å². The van der Waals surface area contributed by atoms with E-state index in [1.165, 1.54) is 0 Å². The minimum absolute atomic E-state index is 0.0738. The third-order valence-electron chi connectivity index (χ3n) is 3.87. The number of ether oxygens (including phenoxy) is 4. The summed E-state index contributed by atoms with van der Waals surface area (Å²) in [5.74, 6) is -1.11. The predicted molar refractivity (Wildman–Crippen MR) is 79.1 cm³/mol. The van der Waals surface area contributed by atoms with E-state index < -0.39 is 12.1 Å². The Kier molecular flexibility index (Phi) is 4.04. The molecule has 3 rings (SSSR count). The third-order valence-corrected chi connectivity index (χ3v) is 3.87. The lowest BCUT2D eigenvalue weighted by molar-refractivity contribution is -0.211. The van der Waals surface area contributed by atoms with Crippen LogP contribution in [0.5, 0.6) is 0 Å². The summed E-state index contributed by atoms with van der Waals surface area (Å²) in [7, 11) is 0. The summed E-state index contributed by atoms with van der Waals surface area (Å²) in [5.41, 5.74) is 0.518. The van der Waals surface area contributed by atoms with Gasteiger partial charge in [0.1, 0.15) is 18.8 Å². The molecule has 118 valence electrons.